The van der Waals surface area contributed by atoms with Crippen molar-refractivity contribution in [1.82, 2.24) is 15.2 Å². The zero-order valence-electron chi connectivity index (χ0n) is 17.6. The summed E-state index contributed by atoms with van der Waals surface area (Å²) in [6.45, 7) is 0. The number of carbonyl (C=O) groups is 4. The first-order valence-corrected chi connectivity index (χ1v) is 11.0. The first-order valence-electron chi connectivity index (χ1n) is 9.16. The molecule has 0 unspecified atom stereocenters. The Labute approximate surface area is 195 Å². The van der Waals surface area contributed by atoms with Crippen molar-refractivity contribution in [2.75, 3.05) is 32.4 Å². The van der Waals surface area contributed by atoms with E-state index < -0.39 is 30.2 Å². The van der Waals surface area contributed by atoms with Gasteiger partial charge in [-0.1, -0.05) is 11.8 Å². The number of aromatic amines is 1. The van der Waals surface area contributed by atoms with Crippen LogP contribution in [-0.4, -0.2) is 66.1 Å². The maximum Gasteiger partial charge on any atom is 0.348 e. The van der Waals surface area contributed by atoms with Crippen LogP contribution in [0.25, 0.3) is 11.6 Å². The number of aromatic nitrogens is 3. The predicted octanol–water partition coefficient (Wildman–Crippen LogP) is 2.15. The first-order chi connectivity index (χ1) is 15.9. The minimum atomic E-state index is -0.837. The molecule has 0 atom stereocenters. The highest BCUT2D eigenvalue weighted by Gasteiger charge is 2.30. The normalized spacial score (nSPS) is 10.5. The Bertz CT molecular complexity index is 1170. The second kappa shape index (κ2) is 10.8. The monoisotopic (exact) mass is 494 g/mol. The second-order valence-corrected chi connectivity index (χ2v) is 8.09. The topological polar surface area (TPSA) is 163 Å². The van der Waals surface area contributed by atoms with Gasteiger partial charge in [-0.05, 0) is 12.1 Å². The van der Waals surface area contributed by atoms with Gasteiger partial charge in [0.15, 0.2) is 0 Å². The molecule has 0 spiro atoms. The highest BCUT2D eigenvalue weighted by atomic mass is 32.2. The number of esters is 3. The second-order valence-electron chi connectivity index (χ2n) is 6.14. The number of rotatable bonds is 9. The number of methoxy groups -OCH3 is 3. The van der Waals surface area contributed by atoms with Crippen molar-refractivity contribution in [3.8, 4) is 11.6 Å². The maximum absolute atomic E-state index is 12.5. The van der Waals surface area contributed by atoms with Crippen molar-refractivity contribution < 1.29 is 37.8 Å². The summed E-state index contributed by atoms with van der Waals surface area (Å²) < 4.78 is 19.6. The lowest BCUT2D eigenvalue weighted by Gasteiger charge is -2.07. The molecule has 0 fully saturated rings. The molecular formula is C19H18N4O8S2. The van der Waals surface area contributed by atoms with Crippen LogP contribution in [0.3, 0.4) is 0 Å². The molecule has 0 aliphatic heterocycles. The molecule has 0 saturated heterocycles. The highest BCUT2D eigenvalue weighted by molar-refractivity contribution is 7.99. The molecular weight excluding hydrogens is 476 g/mol. The zero-order chi connectivity index (χ0) is 24.0. The van der Waals surface area contributed by atoms with E-state index in [1.807, 2.05) is 0 Å². The van der Waals surface area contributed by atoms with Crippen LogP contribution in [0.1, 0.15) is 25.6 Å². The predicted molar refractivity (Wildman–Crippen MR) is 116 cm³/mol. The van der Waals surface area contributed by atoms with E-state index in [-0.39, 0.29) is 37.9 Å². The van der Waals surface area contributed by atoms with Crippen molar-refractivity contribution in [1.29, 1.82) is 0 Å². The Morgan fingerprint density at radius 2 is 1.88 bits per heavy atom. The van der Waals surface area contributed by atoms with Gasteiger partial charge >= 0.3 is 17.9 Å². The Balaban J connectivity index is 1.79. The number of ether oxygens (including phenoxy) is 3. The first kappa shape index (κ1) is 24.0. The molecule has 174 valence electrons. The molecule has 0 bridgehead atoms. The van der Waals surface area contributed by atoms with E-state index in [2.05, 4.69) is 25.2 Å². The molecule has 3 aromatic heterocycles. The van der Waals surface area contributed by atoms with Crippen LogP contribution < -0.4 is 5.32 Å². The molecule has 0 aromatic carbocycles. The molecule has 2 N–H and O–H groups in total. The van der Waals surface area contributed by atoms with Gasteiger partial charge in [0, 0.05) is 11.8 Å². The van der Waals surface area contributed by atoms with Crippen LogP contribution in [0.2, 0.25) is 0 Å². The van der Waals surface area contributed by atoms with Crippen LogP contribution >= 0.6 is 23.1 Å². The van der Waals surface area contributed by atoms with Gasteiger partial charge in [-0.15, -0.1) is 21.5 Å². The number of nitrogens with zero attached hydrogens (tertiary/aromatic N) is 2. The Hall–Kier alpha value is -3.65. The van der Waals surface area contributed by atoms with E-state index in [0.717, 1.165) is 37.3 Å². The molecule has 33 heavy (non-hydrogen) atoms. The molecule has 14 heteroatoms. The molecule has 1 amide bonds. The van der Waals surface area contributed by atoms with Crippen LogP contribution in [0.15, 0.2) is 28.0 Å². The van der Waals surface area contributed by atoms with Gasteiger partial charge in [-0.3, -0.25) is 9.59 Å². The average Bonchev–Trinajstić information content (AvgIpc) is 3.57. The summed E-state index contributed by atoms with van der Waals surface area (Å²) in [5.74, 6) is -2.69. The number of nitrogens with one attached hydrogen (secondary N) is 2. The van der Waals surface area contributed by atoms with Crippen LogP contribution in [0.4, 0.5) is 5.00 Å². The summed E-state index contributed by atoms with van der Waals surface area (Å²) in [7, 11) is 3.46. The van der Waals surface area contributed by atoms with Crippen molar-refractivity contribution in [2.45, 2.75) is 11.6 Å². The summed E-state index contributed by atoms with van der Waals surface area (Å²) in [5.41, 5.74) is 0.549. The fourth-order valence-electron chi connectivity index (χ4n) is 2.64. The number of thiophene rings is 1. The number of hydrogen-bond donors (Lipinski definition) is 2. The smallest absolute Gasteiger partial charge is 0.348 e. The van der Waals surface area contributed by atoms with Gasteiger partial charge in [0.2, 0.25) is 5.91 Å². The van der Waals surface area contributed by atoms with Crippen LogP contribution in [0.5, 0.6) is 0 Å². The van der Waals surface area contributed by atoms with E-state index in [1.165, 1.54) is 7.11 Å². The van der Waals surface area contributed by atoms with E-state index in [1.54, 1.807) is 18.3 Å². The molecule has 0 saturated carbocycles. The highest BCUT2D eigenvalue weighted by Crippen LogP contribution is 2.35. The molecule has 0 aliphatic carbocycles. The molecule has 0 radical (unpaired) electrons. The third-order valence-electron chi connectivity index (χ3n) is 4.13. The number of amides is 1. The molecule has 3 aromatic rings. The largest absolute Gasteiger partial charge is 0.469 e. The average molecular weight is 495 g/mol. The lowest BCUT2D eigenvalue weighted by molar-refractivity contribution is -0.139. The number of anilines is 1. The van der Waals surface area contributed by atoms with Gasteiger partial charge < -0.3 is 28.9 Å². The third-order valence-corrected chi connectivity index (χ3v) is 6.08. The number of carbonyl (C=O) groups excluding carboxylic acids is 4. The van der Waals surface area contributed by atoms with Crippen molar-refractivity contribution in [3.63, 3.8) is 0 Å². The lowest BCUT2D eigenvalue weighted by Crippen LogP contribution is -2.17. The molecule has 3 heterocycles. The van der Waals surface area contributed by atoms with E-state index in [4.69, 9.17) is 13.9 Å². The van der Waals surface area contributed by atoms with Crippen molar-refractivity contribution in [3.05, 3.63) is 34.3 Å². The summed E-state index contributed by atoms with van der Waals surface area (Å²) in [6, 6.07) is 3.53. The minimum Gasteiger partial charge on any atom is -0.469 e. The molecule has 0 aliphatic rings. The SMILES string of the molecule is COC(=O)Cc1c(C(=O)OC)sc(NC(=O)CSc2nnc(-c3ccc[nH]3)o2)c1C(=O)OC. The Kier molecular flexibility index (Phi) is 7.84. The quantitative estimate of drug-likeness (QED) is 0.254. The van der Waals surface area contributed by atoms with Gasteiger partial charge in [0.1, 0.15) is 15.6 Å². The third kappa shape index (κ3) is 5.59. The summed E-state index contributed by atoms with van der Waals surface area (Å²) in [5, 5.41) is 10.5. The van der Waals surface area contributed by atoms with Crippen LogP contribution in [-0.2, 0) is 30.2 Å². The van der Waals surface area contributed by atoms with Crippen molar-refractivity contribution in [2.24, 2.45) is 0 Å². The van der Waals surface area contributed by atoms with E-state index >= 15 is 0 Å². The number of thioether (sulfide) groups is 1. The van der Waals surface area contributed by atoms with E-state index in [9.17, 15) is 19.2 Å². The fraction of sp³-hybridized carbons (Fsp3) is 0.263. The summed E-state index contributed by atoms with van der Waals surface area (Å²) in [6.07, 6.45) is 1.31. The van der Waals surface area contributed by atoms with Crippen LogP contribution in [0, 0.1) is 0 Å². The standard InChI is InChI=1S/C19H18N4O8S2/c1-28-12(25)7-9-13(17(26)29-2)16(33-14(9)18(27)30-3)21-11(24)8-32-19-23-22-15(31-19)10-5-4-6-20-10/h4-6,20H,7-8H2,1-3H3,(H,21,24). The number of hydrogen-bond acceptors (Lipinski definition) is 12. The number of H-pyrrole nitrogens is 1. The van der Waals surface area contributed by atoms with Gasteiger partial charge in [-0.25, -0.2) is 9.59 Å². The van der Waals surface area contributed by atoms with Gasteiger partial charge in [-0.2, -0.15) is 0 Å². The molecule has 12 nitrogen and oxygen atoms in total. The summed E-state index contributed by atoms with van der Waals surface area (Å²) >= 11 is 1.77. The fourth-order valence-corrected chi connectivity index (χ4v) is 4.35. The van der Waals surface area contributed by atoms with E-state index in [0.29, 0.717) is 5.69 Å². The van der Waals surface area contributed by atoms with Gasteiger partial charge in [0.05, 0.1) is 39.1 Å². The lowest BCUT2D eigenvalue weighted by atomic mass is 10.1. The van der Waals surface area contributed by atoms with Crippen molar-refractivity contribution >= 4 is 51.9 Å². The minimum absolute atomic E-state index is 0.0289. The maximum atomic E-state index is 12.5. The Morgan fingerprint density at radius 3 is 2.52 bits per heavy atom. The Morgan fingerprint density at radius 1 is 1.12 bits per heavy atom. The van der Waals surface area contributed by atoms with Gasteiger partial charge in [0.25, 0.3) is 11.1 Å². The summed E-state index contributed by atoms with van der Waals surface area (Å²) in [4.78, 5) is 51.9. The molecule has 3 rings (SSSR count). The zero-order valence-corrected chi connectivity index (χ0v) is 19.3.